The largest absolute Gasteiger partial charge is 0.494 e. The van der Waals surface area contributed by atoms with Crippen molar-refractivity contribution in [3.05, 3.63) is 95.1 Å². The van der Waals surface area contributed by atoms with Gasteiger partial charge >= 0.3 is 0 Å². The number of ether oxygens (including phenoxy) is 3. The summed E-state index contributed by atoms with van der Waals surface area (Å²) in [6, 6.07) is 26.9. The molecule has 6 rings (SSSR count). The quantitative estimate of drug-likeness (QED) is 0.202. The molecule has 3 aromatic rings. The normalized spacial score (nSPS) is 18.2. The average molecular weight is 524 g/mol. The molecule has 204 valence electrons. The Labute approximate surface area is 233 Å². The van der Waals surface area contributed by atoms with Gasteiger partial charge in [-0.15, -0.1) is 0 Å². The highest BCUT2D eigenvalue weighted by Gasteiger charge is 2.54. The maximum atomic E-state index is 6.05. The first-order chi connectivity index (χ1) is 19.1. The van der Waals surface area contributed by atoms with Crippen LogP contribution < -0.4 is 9.64 Å². The Hall–Kier alpha value is -3.08. The molecule has 0 N–H and O–H groups in total. The summed E-state index contributed by atoms with van der Waals surface area (Å²) < 4.78 is 17.0. The van der Waals surface area contributed by atoms with Crippen LogP contribution in [-0.4, -0.2) is 40.2 Å². The van der Waals surface area contributed by atoms with Gasteiger partial charge in [0.25, 0.3) is 0 Å². The second kappa shape index (κ2) is 11.2. The first kappa shape index (κ1) is 26.2. The van der Waals surface area contributed by atoms with Gasteiger partial charge in [-0.05, 0) is 89.8 Å². The van der Waals surface area contributed by atoms with Crippen LogP contribution in [0, 0.1) is 11.3 Å². The Balaban J connectivity index is 1.23. The van der Waals surface area contributed by atoms with Crippen molar-refractivity contribution in [2.45, 2.75) is 51.7 Å². The van der Waals surface area contributed by atoms with Gasteiger partial charge in [-0.1, -0.05) is 61.9 Å². The molecule has 3 aromatic carbocycles. The smallest absolute Gasteiger partial charge is 0.159 e. The van der Waals surface area contributed by atoms with Crippen molar-refractivity contribution in [3.8, 4) is 5.75 Å². The minimum atomic E-state index is -0.0617. The third-order valence-corrected chi connectivity index (χ3v) is 8.99. The third-order valence-electron chi connectivity index (χ3n) is 8.99. The molecule has 1 heterocycles. The van der Waals surface area contributed by atoms with Crippen LogP contribution in [0.2, 0.25) is 0 Å². The number of rotatable bonds is 10. The van der Waals surface area contributed by atoms with Crippen molar-refractivity contribution in [3.63, 3.8) is 0 Å². The number of nitrogens with zero attached hydrogens (tertiary/aromatic N) is 1. The van der Waals surface area contributed by atoms with Gasteiger partial charge in [-0.3, -0.25) is 0 Å². The zero-order chi connectivity index (χ0) is 26.8. The molecule has 2 aliphatic carbocycles. The molecule has 4 heteroatoms. The van der Waals surface area contributed by atoms with E-state index in [4.69, 9.17) is 14.2 Å². The van der Waals surface area contributed by atoms with Gasteiger partial charge in [0.05, 0.1) is 6.61 Å². The summed E-state index contributed by atoms with van der Waals surface area (Å²) in [5.74, 6) is 1.52. The summed E-state index contributed by atoms with van der Waals surface area (Å²) in [5, 5.41) is 0. The van der Waals surface area contributed by atoms with E-state index in [1.54, 1.807) is 14.2 Å². The number of methoxy groups -OCH3 is 2. The zero-order valence-corrected chi connectivity index (χ0v) is 23.6. The molecule has 0 radical (unpaired) electrons. The topological polar surface area (TPSA) is 30.9 Å². The monoisotopic (exact) mass is 523 g/mol. The number of allylic oxidation sites excluding steroid dienone is 1. The molecule has 1 saturated carbocycles. The van der Waals surface area contributed by atoms with E-state index >= 15 is 0 Å². The minimum absolute atomic E-state index is 0.0617. The van der Waals surface area contributed by atoms with Gasteiger partial charge in [0.2, 0.25) is 0 Å². The van der Waals surface area contributed by atoms with Gasteiger partial charge in [0.15, 0.2) is 6.29 Å². The van der Waals surface area contributed by atoms with Crippen LogP contribution in [0.3, 0.4) is 0 Å². The van der Waals surface area contributed by atoms with E-state index in [0.717, 1.165) is 51.1 Å². The number of unbranched alkanes of at least 4 members (excludes halogenated alkanes) is 1. The lowest BCUT2D eigenvalue weighted by molar-refractivity contribution is -0.184. The van der Waals surface area contributed by atoms with Gasteiger partial charge in [-0.25, -0.2) is 0 Å². The van der Waals surface area contributed by atoms with Crippen LogP contribution in [-0.2, 0) is 15.9 Å². The van der Waals surface area contributed by atoms with Crippen LogP contribution in [0.5, 0.6) is 5.75 Å². The molecule has 4 nitrogen and oxygen atoms in total. The zero-order valence-electron chi connectivity index (χ0n) is 23.6. The predicted molar refractivity (Wildman–Crippen MR) is 159 cm³/mol. The van der Waals surface area contributed by atoms with E-state index in [9.17, 15) is 0 Å². The lowest BCUT2D eigenvalue weighted by Gasteiger charge is -2.60. The lowest BCUT2D eigenvalue weighted by atomic mass is 9.57. The van der Waals surface area contributed by atoms with E-state index in [1.807, 2.05) is 0 Å². The molecule has 1 aliphatic heterocycles. The maximum absolute atomic E-state index is 6.05. The molecule has 0 atom stereocenters. The first-order valence-corrected chi connectivity index (χ1v) is 14.6. The van der Waals surface area contributed by atoms with Crippen LogP contribution in [0.15, 0.2) is 72.8 Å². The molecule has 39 heavy (non-hydrogen) atoms. The summed E-state index contributed by atoms with van der Waals surface area (Å²) in [6.07, 6.45) is 6.64. The molecule has 0 bridgehead atoms. The fourth-order valence-electron chi connectivity index (χ4n) is 7.02. The van der Waals surface area contributed by atoms with Crippen LogP contribution >= 0.6 is 0 Å². The highest BCUT2D eigenvalue weighted by atomic mass is 16.7. The number of hydrogen-bond acceptors (Lipinski definition) is 4. The van der Waals surface area contributed by atoms with Crippen molar-refractivity contribution in [2.24, 2.45) is 11.3 Å². The molecule has 0 amide bonds. The van der Waals surface area contributed by atoms with E-state index in [0.29, 0.717) is 11.3 Å². The average Bonchev–Trinajstić information content (AvgIpc) is 2.94. The number of benzene rings is 3. The highest BCUT2D eigenvalue weighted by molar-refractivity contribution is 6.01. The molecule has 1 saturated heterocycles. The summed E-state index contributed by atoms with van der Waals surface area (Å²) in [4.78, 5) is 2.52. The molecule has 0 unspecified atom stereocenters. The van der Waals surface area contributed by atoms with E-state index < -0.39 is 0 Å². The van der Waals surface area contributed by atoms with Gasteiger partial charge in [-0.2, -0.15) is 0 Å². The van der Waals surface area contributed by atoms with Gasteiger partial charge in [0, 0.05) is 44.3 Å². The van der Waals surface area contributed by atoms with Crippen LogP contribution in [0.25, 0.3) is 11.1 Å². The van der Waals surface area contributed by atoms with Crippen LogP contribution in [0.4, 0.5) is 5.69 Å². The van der Waals surface area contributed by atoms with Crippen molar-refractivity contribution < 1.29 is 14.2 Å². The van der Waals surface area contributed by atoms with E-state index in [2.05, 4.69) is 84.6 Å². The molecule has 1 spiro atoms. The fraction of sp³-hybridized carbons (Fsp3) is 0.429. The van der Waals surface area contributed by atoms with Gasteiger partial charge in [0.1, 0.15) is 5.75 Å². The van der Waals surface area contributed by atoms with Crippen molar-refractivity contribution in [1.29, 1.82) is 0 Å². The van der Waals surface area contributed by atoms with Crippen molar-refractivity contribution in [1.82, 2.24) is 0 Å². The second-order valence-corrected chi connectivity index (χ2v) is 11.7. The van der Waals surface area contributed by atoms with Crippen molar-refractivity contribution in [2.75, 3.05) is 38.8 Å². The van der Waals surface area contributed by atoms with Gasteiger partial charge < -0.3 is 19.1 Å². The maximum Gasteiger partial charge on any atom is 0.159 e. The Morgan fingerprint density at radius 3 is 2.31 bits per heavy atom. The molecule has 2 fully saturated rings. The first-order valence-electron chi connectivity index (χ1n) is 14.6. The number of aryl methyl sites for hydroxylation is 1. The molecule has 3 aliphatic rings. The Morgan fingerprint density at radius 1 is 0.872 bits per heavy atom. The fourth-order valence-corrected chi connectivity index (χ4v) is 7.02. The summed E-state index contributed by atoms with van der Waals surface area (Å²) in [6.45, 7) is 5.24. The molecular weight excluding hydrogens is 482 g/mol. The summed E-state index contributed by atoms with van der Waals surface area (Å²) in [7, 11) is 3.49. The Bertz CT molecular complexity index is 1300. The van der Waals surface area contributed by atoms with E-state index in [1.165, 1.54) is 51.9 Å². The predicted octanol–water partition coefficient (Wildman–Crippen LogP) is 7.61. The second-order valence-electron chi connectivity index (χ2n) is 11.7. The molecule has 0 aromatic heterocycles. The summed E-state index contributed by atoms with van der Waals surface area (Å²) >= 11 is 0. The highest BCUT2D eigenvalue weighted by Crippen LogP contribution is 2.54. The summed E-state index contributed by atoms with van der Waals surface area (Å²) in [5.41, 5.74) is 9.90. The van der Waals surface area contributed by atoms with Crippen LogP contribution in [0.1, 0.15) is 61.3 Å². The number of anilines is 1. The lowest BCUT2D eigenvalue weighted by Crippen LogP contribution is -2.64. The SMILES string of the molecule is CCCCOc1ccc2c(c1)CCC(c1ccccc1)=C2c1ccc(N2CC3(CC(C(OC)OC)C3)C2)cc1. The van der Waals surface area contributed by atoms with Crippen molar-refractivity contribution >= 4 is 16.8 Å². The Kier molecular flexibility index (Phi) is 7.51. The minimum Gasteiger partial charge on any atom is -0.494 e. The third kappa shape index (κ3) is 5.13. The van der Waals surface area contributed by atoms with E-state index in [-0.39, 0.29) is 6.29 Å². The number of fused-ring (bicyclic) bond motifs is 1. The number of hydrogen-bond donors (Lipinski definition) is 0. The standard InChI is InChI=1S/C35H41NO3/c1-4-5-19-39-30-16-18-32-27(20-30)13-17-31(25-9-7-6-8-10-25)33(32)26-11-14-29(15-12-26)36-23-35(24-36)21-28(22-35)34(37-2)38-3/h6-12,14-16,18,20,28,34H,4-5,13,17,19,21-24H2,1-3H3. The molecular formula is C35H41NO3. The Morgan fingerprint density at radius 2 is 1.62 bits per heavy atom.